The third kappa shape index (κ3) is 4.08. The van der Waals surface area contributed by atoms with Crippen molar-refractivity contribution in [2.75, 3.05) is 5.32 Å². The van der Waals surface area contributed by atoms with Gasteiger partial charge in [-0.25, -0.2) is 9.67 Å². The Morgan fingerprint density at radius 2 is 1.80 bits per heavy atom. The molecule has 0 bridgehead atoms. The van der Waals surface area contributed by atoms with Gasteiger partial charge in [-0.3, -0.25) is 9.78 Å². The second kappa shape index (κ2) is 8.47. The van der Waals surface area contributed by atoms with Gasteiger partial charge in [0.15, 0.2) is 11.5 Å². The predicted octanol–water partition coefficient (Wildman–Crippen LogP) is 4.63. The van der Waals surface area contributed by atoms with Crippen molar-refractivity contribution in [3.63, 3.8) is 0 Å². The molecule has 176 valence electrons. The minimum Gasteiger partial charge on any atom is -0.320 e. The molecule has 35 heavy (non-hydrogen) atoms. The van der Waals surface area contributed by atoms with Gasteiger partial charge >= 0.3 is 6.18 Å². The van der Waals surface area contributed by atoms with E-state index in [9.17, 15) is 18.0 Å². The molecule has 9 nitrogen and oxygen atoms in total. The van der Waals surface area contributed by atoms with Gasteiger partial charge in [-0.05, 0) is 24.6 Å². The van der Waals surface area contributed by atoms with Crippen LogP contribution in [0, 0.1) is 6.92 Å². The van der Waals surface area contributed by atoms with Crippen molar-refractivity contribution in [2.24, 2.45) is 0 Å². The first-order valence-electron chi connectivity index (χ1n) is 10.1. The van der Waals surface area contributed by atoms with Crippen molar-refractivity contribution in [2.45, 2.75) is 13.1 Å². The lowest BCUT2D eigenvalue weighted by Crippen LogP contribution is -2.21. The molecule has 1 N–H and O–H groups in total. The number of aryl methyl sites for hydroxylation is 1. The van der Waals surface area contributed by atoms with Gasteiger partial charge in [0.25, 0.3) is 5.91 Å². The summed E-state index contributed by atoms with van der Waals surface area (Å²) in [5.74, 6) is -0.828. The summed E-state index contributed by atoms with van der Waals surface area (Å²) < 4.78 is 43.4. The third-order valence-electron chi connectivity index (χ3n) is 5.18. The van der Waals surface area contributed by atoms with E-state index in [2.05, 4.69) is 30.6 Å². The lowest BCUT2D eigenvalue weighted by molar-refractivity contribution is -0.143. The molecule has 5 aromatic rings. The summed E-state index contributed by atoms with van der Waals surface area (Å²) in [6, 6.07) is 6.36. The average molecular weight is 499 g/mol. The molecule has 0 saturated carbocycles. The number of aromatic nitrogens is 7. The van der Waals surface area contributed by atoms with Crippen LogP contribution in [-0.4, -0.2) is 40.6 Å². The number of pyridine rings is 2. The van der Waals surface area contributed by atoms with E-state index < -0.39 is 23.3 Å². The maximum Gasteiger partial charge on any atom is 0.434 e. The van der Waals surface area contributed by atoms with E-state index in [1.165, 1.54) is 35.7 Å². The Kier molecular flexibility index (Phi) is 5.44. The van der Waals surface area contributed by atoms with Crippen LogP contribution in [0.5, 0.6) is 0 Å². The smallest absolute Gasteiger partial charge is 0.320 e. The number of fused-ring (bicyclic) bond motifs is 1. The van der Waals surface area contributed by atoms with E-state index in [0.29, 0.717) is 16.3 Å². The van der Waals surface area contributed by atoms with Gasteiger partial charge < -0.3 is 5.32 Å². The van der Waals surface area contributed by atoms with Crippen molar-refractivity contribution in [1.29, 1.82) is 0 Å². The Morgan fingerprint density at radius 3 is 2.51 bits per heavy atom. The fraction of sp³-hybridized carbons (Fsp3) is 0.0909. The molecule has 0 aliphatic rings. The van der Waals surface area contributed by atoms with Gasteiger partial charge in [0.1, 0.15) is 0 Å². The SMILES string of the molecule is Cc1ccc2cnccc2c1-n1ncc(C(=O)Nc2cnc(-n3nccn3)c(Cl)c2)c1C(F)(F)F. The molecule has 1 aromatic carbocycles. The van der Waals surface area contributed by atoms with Crippen molar-refractivity contribution >= 4 is 34.0 Å². The van der Waals surface area contributed by atoms with Gasteiger partial charge in [-0.2, -0.15) is 28.5 Å². The maximum absolute atomic E-state index is 14.2. The van der Waals surface area contributed by atoms with Crippen LogP contribution in [0.4, 0.5) is 18.9 Å². The second-order valence-corrected chi connectivity index (χ2v) is 7.85. The molecule has 4 aromatic heterocycles. The van der Waals surface area contributed by atoms with Gasteiger partial charge in [0, 0.05) is 23.2 Å². The van der Waals surface area contributed by atoms with Gasteiger partial charge in [-0.15, -0.1) is 4.80 Å². The minimum absolute atomic E-state index is 0.0872. The number of benzene rings is 1. The number of rotatable bonds is 4. The molecule has 0 spiro atoms. The number of alkyl halides is 3. The topological polar surface area (TPSA) is 103 Å². The van der Waals surface area contributed by atoms with Crippen LogP contribution in [-0.2, 0) is 6.18 Å². The first-order valence-corrected chi connectivity index (χ1v) is 10.4. The largest absolute Gasteiger partial charge is 0.434 e. The highest BCUT2D eigenvalue weighted by Gasteiger charge is 2.41. The van der Waals surface area contributed by atoms with Crippen LogP contribution in [0.3, 0.4) is 0 Å². The number of carbonyl (C=O) groups is 1. The molecule has 0 atom stereocenters. The molecular weight excluding hydrogens is 485 g/mol. The van der Waals surface area contributed by atoms with E-state index in [4.69, 9.17) is 11.6 Å². The normalized spacial score (nSPS) is 11.7. The molecule has 1 amide bonds. The number of halogens is 4. The number of anilines is 1. The van der Waals surface area contributed by atoms with Gasteiger partial charge in [0.2, 0.25) is 0 Å². The Hall–Kier alpha value is -4.32. The molecule has 0 unspecified atom stereocenters. The fourth-order valence-electron chi connectivity index (χ4n) is 3.67. The fourth-order valence-corrected chi connectivity index (χ4v) is 3.91. The number of carbonyl (C=O) groups excluding carboxylic acids is 1. The molecule has 0 aliphatic heterocycles. The zero-order chi connectivity index (χ0) is 24.7. The quantitative estimate of drug-likeness (QED) is 0.387. The first-order chi connectivity index (χ1) is 16.7. The number of nitrogens with zero attached hydrogens (tertiary/aromatic N) is 7. The van der Waals surface area contributed by atoms with Crippen molar-refractivity contribution in [3.05, 3.63) is 83.3 Å². The van der Waals surface area contributed by atoms with Crippen LogP contribution >= 0.6 is 11.6 Å². The first kappa shape index (κ1) is 22.5. The Balaban J connectivity index is 1.56. The predicted molar refractivity (Wildman–Crippen MR) is 121 cm³/mol. The van der Waals surface area contributed by atoms with Crippen LogP contribution in [0.1, 0.15) is 21.6 Å². The Bertz CT molecular complexity index is 1560. The molecular formula is C22H14ClF3N8O. The van der Waals surface area contributed by atoms with Gasteiger partial charge in [0.05, 0.1) is 46.7 Å². The van der Waals surface area contributed by atoms with Crippen LogP contribution in [0.15, 0.2) is 61.4 Å². The molecule has 0 aliphatic carbocycles. The summed E-state index contributed by atoms with van der Waals surface area (Å²) in [4.78, 5) is 22.2. The Morgan fingerprint density at radius 1 is 1.03 bits per heavy atom. The van der Waals surface area contributed by atoms with Crippen molar-refractivity contribution in [1.82, 2.24) is 34.7 Å². The lowest BCUT2D eigenvalue weighted by Gasteiger charge is -2.16. The second-order valence-electron chi connectivity index (χ2n) is 7.45. The number of hydrogen-bond acceptors (Lipinski definition) is 6. The highest BCUT2D eigenvalue weighted by Crippen LogP contribution is 2.36. The van der Waals surface area contributed by atoms with E-state index in [1.54, 1.807) is 31.3 Å². The van der Waals surface area contributed by atoms with Crippen LogP contribution in [0.25, 0.3) is 22.3 Å². The maximum atomic E-state index is 14.2. The highest BCUT2D eigenvalue weighted by atomic mass is 35.5. The minimum atomic E-state index is -4.88. The summed E-state index contributed by atoms with van der Waals surface area (Å²) in [5, 5.41) is 15.4. The summed E-state index contributed by atoms with van der Waals surface area (Å²) in [7, 11) is 0. The van der Waals surface area contributed by atoms with E-state index in [-0.39, 0.29) is 22.2 Å². The molecule has 0 fully saturated rings. The van der Waals surface area contributed by atoms with Crippen molar-refractivity contribution < 1.29 is 18.0 Å². The van der Waals surface area contributed by atoms with E-state index in [1.807, 2.05) is 0 Å². The van der Waals surface area contributed by atoms with E-state index in [0.717, 1.165) is 10.9 Å². The number of amides is 1. The summed E-state index contributed by atoms with van der Waals surface area (Å²) >= 11 is 6.20. The molecule has 13 heteroatoms. The summed E-state index contributed by atoms with van der Waals surface area (Å²) in [6.45, 7) is 1.67. The highest BCUT2D eigenvalue weighted by molar-refractivity contribution is 6.32. The van der Waals surface area contributed by atoms with Crippen LogP contribution < -0.4 is 5.32 Å². The third-order valence-corrected chi connectivity index (χ3v) is 5.45. The number of nitrogens with one attached hydrogen (secondary N) is 1. The molecule has 4 heterocycles. The zero-order valence-corrected chi connectivity index (χ0v) is 18.6. The summed E-state index contributed by atoms with van der Waals surface area (Å²) in [5.41, 5.74) is -1.03. The monoisotopic (exact) mass is 498 g/mol. The molecule has 0 radical (unpaired) electrons. The van der Waals surface area contributed by atoms with Crippen molar-refractivity contribution in [3.8, 4) is 11.5 Å². The Labute approximate surface area is 200 Å². The van der Waals surface area contributed by atoms with Gasteiger partial charge in [-0.1, -0.05) is 23.7 Å². The van der Waals surface area contributed by atoms with E-state index >= 15 is 0 Å². The standard InChI is InChI=1S/C22H14ClF3N8O/c1-12-2-3-13-9-27-5-4-15(13)18(12)33-19(22(24,25)26)16(11-31-33)21(35)32-14-8-17(23)20(28-10-14)34-29-6-7-30-34/h2-11H,1H3,(H,32,35). The number of hydrogen-bond donors (Lipinski definition) is 1. The molecule has 0 saturated heterocycles. The lowest BCUT2D eigenvalue weighted by atomic mass is 10.1. The summed E-state index contributed by atoms with van der Waals surface area (Å²) in [6.07, 6.45) is 3.13. The zero-order valence-electron chi connectivity index (χ0n) is 17.8. The molecule has 5 rings (SSSR count). The van der Waals surface area contributed by atoms with Crippen LogP contribution in [0.2, 0.25) is 5.02 Å². The average Bonchev–Trinajstić information content (AvgIpc) is 3.49.